The minimum absolute atomic E-state index is 0. The number of halogens is 1. The summed E-state index contributed by atoms with van der Waals surface area (Å²) in [5, 5.41) is 15.1. The highest BCUT2D eigenvalue weighted by Crippen LogP contribution is 2.19. The van der Waals surface area contributed by atoms with E-state index in [1.54, 1.807) is 0 Å². The van der Waals surface area contributed by atoms with Gasteiger partial charge in [-0.1, -0.05) is 0 Å². The molecule has 0 amide bonds. The molecule has 3 rings (SSSR count). The Bertz CT molecular complexity index is 469. The van der Waals surface area contributed by atoms with Gasteiger partial charge in [-0.2, -0.15) is 0 Å². The standard InChI is InChI=1S/C12H20N6.HI/c1-8-5-13-12(15-8)14-6-10-3-4-11-17-16-9(2)18(11)7-10;/h8,10H,3-7H2,1-2H3,(H2,13,14,15);1H. The third-order valence-corrected chi connectivity index (χ3v) is 3.69. The van der Waals surface area contributed by atoms with Gasteiger partial charge in [0.15, 0.2) is 5.96 Å². The number of aryl methyl sites for hydroxylation is 2. The van der Waals surface area contributed by atoms with Crippen LogP contribution >= 0.6 is 24.0 Å². The fraction of sp³-hybridized carbons (Fsp3) is 0.750. The lowest BCUT2D eigenvalue weighted by atomic mass is 9.99. The first-order valence-electron chi connectivity index (χ1n) is 6.66. The van der Waals surface area contributed by atoms with Crippen molar-refractivity contribution < 1.29 is 0 Å². The largest absolute Gasteiger partial charge is 0.356 e. The van der Waals surface area contributed by atoms with Crippen molar-refractivity contribution in [2.24, 2.45) is 10.9 Å². The van der Waals surface area contributed by atoms with Crippen LogP contribution in [0.2, 0.25) is 0 Å². The first-order valence-corrected chi connectivity index (χ1v) is 6.66. The predicted octanol–water partition coefficient (Wildman–Crippen LogP) is 0.704. The second-order valence-corrected chi connectivity index (χ2v) is 5.29. The van der Waals surface area contributed by atoms with Crippen molar-refractivity contribution >= 4 is 29.9 Å². The summed E-state index contributed by atoms with van der Waals surface area (Å²) >= 11 is 0. The Morgan fingerprint density at radius 2 is 2.26 bits per heavy atom. The van der Waals surface area contributed by atoms with Crippen molar-refractivity contribution in [3.63, 3.8) is 0 Å². The lowest BCUT2D eigenvalue weighted by Gasteiger charge is -2.24. The number of hydrogen-bond donors (Lipinski definition) is 2. The molecule has 0 saturated heterocycles. The smallest absolute Gasteiger partial charge is 0.191 e. The molecular weight excluding hydrogens is 355 g/mol. The molecule has 0 radical (unpaired) electrons. The molecular formula is C12H21IN6. The van der Waals surface area contributed by atoms with Crippen molar-refractivity contribution in [3.05, 3.63) is 11.6 Å². The van der Waals surface area contributed by atoms with Gasteiger partial charge in [-0.05, 0) is 26.2 Å². The minimum atomic E-state index is 0. The zero-order chi connectivity index (χ0) is 12.5. The highest BCUT2D eigenvalue weighted by atomic mass is 127. The van der Waals surface area contributed by atoms with Gasteiger partial charge >= 0.3 is 0 Å². The van der Waals surface area contributed by atoms with Gasteiger partial charge in [0, 0.05) is 25.6 Å². The summed E-state index contributed by atoms with van der Waals surface area (Å²) in [5.74, 6) is 3.75. The maximum Gasteiger partial charge on any atom is 0.191 e. The Morgan fingerprint density at radius 3 is 3.00 bits per heavy atom. The van der Waals surface area contributed by atoms with E-state index in [-0.39, 0.29) is 24.0 Å². The first-order chi connectivity index (χ1) is 8.72. The number of rotatable bonds is 2. The molecule has 0 fully saturated rings. The maximum atomic E-state index is 4.42. The molecule has 1 aromatic rings. The van der Waals surface area contributed by atoms with E-state index < -0.39 is 0 Å². The molecule has 2 unspecified atom stereocenters. The van der Waals surface area contributed by atoms with Gasteiger partial charge in [-0.25, -0.2) is 0 Å². The minimum Gasteiger partial charge on any atom is -0.356 e. The molecule has 6 nitrogen and oxygen atoms in total. The Labute approximate surface area is 130 Å². The third kappa shape index (κ3) is 3.18. The normalized spacial score (nSPS) is 25.1. The van der Waals surface area contributed by atoms with Crippen LogP contribution in [0.15, 0.2) is 4.99 Å². The zero-order valence-corrected chi connectivity index (χ0v) is 13.7. The molecule has 19 heavy (non-hydrogen) atoms. The van der Waals surface area contributed by atoms with Crippen molar-refractivity contribution in [1.29, 1.82) is 0 Å². The fourth-order valence-corrected chi connectivity index (χ4v) is 2.60. The van der Waals surface area contributed by atoms with Crippen LogP contribution in [0.5, 0.6) is 0 Å². The van der Waals surface area contributed by atoms with Crippen LogP contribution in [0, 0.1) is 12.8 Å². The number of nitrogens with zero attached hydrogens (tertiary/aromatic N) is 4. The van der Waals surface area contributed by atoms with Gasteiger partial charge in [0.1, 0.15) is 11.6 Å². The summed E-state index contributed by atoms with van der Waals surface area (Å²) in [4.78, 5) is 4.42. The number of aromatic nitrogens is 3. The topological polar surface area (TPSA) is 67.1 Å². The second-order valence-electron chi connectivity index (χ2n) is 5.29. The number of guanidine groups is 1. The summed E-state index contributed by atoms with van der Waals surface area (Å²) in [7, 11) is 0. The highest BCUT2D eigenvalue weighted by Gasteiger charge is 2.22. The molecule has 2 aliphatic rings. The third-order valence-electron chi connectivity index (χ3n) is 3.69. The van der Waals surface area contributed by atoms with Crippen LogP contribution in [0.25, 0.3) is 0 Å². The molecule has 2 atom stereocenters. The van der Waals surface area contributed by atoms with E-state index in [4.69, 9.17) is 0 Å². The molecule has 7 heteroatoms. The summed E-state index contributed by atoms with van der Waals surface area (Å²) < 4.78 is 2.24. The highest BCUT2D eigenvalue weighted by molar-refractivity contribution is 14.0. The van der Waals surface area contributed by atoms with E-state index in [0.717, 1.165) is 43.7 Å². The van der Waals surface area contributed by atoms with Crippen molar-refractivity contribution in [3.8, 4) is 0 Å². The van der Waals surface area contributed by atoms with Crippen molar-refractivity contribution in [1.82, 2.24) is 25.4 Å². The van der Waals surface area contributed by atoms with Crippen LogP contribution in [-0.4, -0.2) is 39.9 Å². The quantitative estimate of drug-likeness (QED) is 0.746. The van der Waals surface area contributed by atoms with Gasteiger partial charge < -0.3 is 15.2 Å². The predicted molar refractivity (Wildman–Crippen MR) is 84.9 cm³/mol. The Balaban J connectivity index is 0.00000133. The molecule has 106 valence electrons. The van der Waals surface area contributed by atoms with E-state index >= 15 is 0 Å². The van der Waals surface area contributed by atoms with E-state index in [0.29, 0.717) is 12.0 Å². The summed E-state index contributed by atoms with van der Waals surface area (Å²) in [6.07, 6.45) is 2.21. The van der Waals surface area contributed by atoms with Crippen molar-refractivity contribution in [2.45, 2.75) is 39.3 Å². The van der Waals surface area contributed by atoms with Crippen LogP contribution in [-0.2, 0) is 13.0 Å². The number of aliphatic imine (C=N–C) groups is 1. The second kappa shape index (κ2) is 6.06. The summed E-state index contributed by atoms with van der Waals surface area (Å²) in [5.41, 5.74) is 0. The number of fused-ring (bicyclic) bond motifs is 1. The molecule has 2 aliphatic heterocycles. The monoisotopic (exact) mass is 376 g/mol. The van der Waals surface area contributed by atoms with Gasteiger partial charge in [0.05, 0.1) is 6.54 Å². The SMILES string of the molecule is Cc1nnc2n1CC(CNC1=NCC(C)N1)CC2.I. The maximum absolute atomic E-state index is 4.42. The van der Waals surface area contributed by atoms with Gasteiger partial charge in [-0.3, -0.25) is 4.99 Å². The van der Waals surface area contributed by atoms with Gasteiger partial charge in [0.25, 0.3) is 0 Å². The summed E-state index contributed by atoms with van der Waals surface area (Å²) in [6, 6.07) is 0.463. The van der Waals surface area contributed by atoms with E-state index in [1.165, 1.54) is 6.42 Å². The van der Waals surface area contributed by atoms with E-state index in [9.17, 15) is 0 Å². The van der Waals surface area contributed by atoms with Crippen LogP contribution < -0.4 is 10.6 Å². The lowest BCUT2D eigenvalue weighted by Crippen LogP contribution is -2.41. The van der Waals surface area contributed by atoms with Crippen LogP contribution in [0.4, 0.5) is 0 Å². The number of hydrogen-bond acceptors (Lipinski definition) is 5. The van der Waals surface area contributed by atoms with Gasteiger partial charge in [0.2, 0.25) is 0 Å². The molecule has 0 saturated carbocycles. The lowest BCUT2D eigenvalue weighted by molar-refractivity contribution is 0.359. The molecule has 1 aromatic heterocycles. The molecule has 0 bridgehead atoms. The molecule has 0 aliphatic carbocycles. The first kappa shape index (κ1) is 14.5. The average molecular weight is 376 g/mol. The number of nitrogens with one attached hydrogen (secondary N) is 2. The fourth-order valence-electron chi connectivity index (χ4n) is 2.60. The van der Waals surface area contributed by atoms with E-state index in [1.807, 2.05) is 6.92 Å². The van der Waals surface area contributed by atoms with Crippen molar-refractivity contribution in [2.75, 3.05) is 13.1 Å². The van der Waals surface area contributed by atoms with Crippen LogP contribution in [0.1, 0.15) is 25.0 Å². The Kier molecular flexibility index (Phi) is 4.64. The summed E-state index contributed by atoms with van der Waals surface area (Å²) in [6.45, 7) is 7.03. The van der Waals surface area contributed by atoms with Gasteiger partial charge in [-0.15, -0.1) is 34.2 Å². The average Bonchev–Trinajstić information content (AvgIpc) is 2.94. The van der Waals surface area contributed by atoms with Crippen LogP contribution in [0.3, 0.4) is 0 Å². The molecule has 2 N–H and O–H groups in total. The molecule has 0 spiro atoms. The Morgan fingerprint density at radius 1 is 1.42 bits per heavy atom. The molecule has 3 heterocycles. The Hall–Kier alpha value is -0.860. The van der Waals surface area contributed by atoms with E-state index in [2.05, 4.69) is 37.3 Å². The molecule has 0 aromatic carbocycles. The zero-order valence-electron chi connectivity index (χ0n) is 11.4.